The largest absolute Gasteiger partial charge is 0.341 e. The zero-order chi connectivity index (χ0) is 23.8. The molecule has 1 aromatic carbocycles. The Morgan fingerprint density at radius 2 is 1.82 bits per heavy atom. The van der Waals surface area contributed by atoms with E-state index in [0.717, 1.165) is 24.4 Å². The first-order valence-corrected chi connectivity index (χ1v) is 10.2. The van der Waals surface area contributed by atoms with Gasteiger partial charge in [-0.1, -0.05) is 6.92 Å². The molecule has 0 saturated carbocycles. The summed E-state index contributed by atoms with van der Waals surface area (Å²) in [5.74, 6) is -2.20. The molecule has 174 valence electrons. The lowest BCUT2D eigenvalue weighted by Gasteiger charge is -2.39. The number of aryl methyl sites for hydroxylation is 1. The fraction of sp³-hybridized carbons (Fsp3) is 0.381. The molecule has 33 heavy (non-hydrogen) atoms. The molecular weight excluding hydrogens is 439 g/mol. The maximum Gasteiger partial charge on any atom is 0.252 e. The highest BCUT2D eigenvalue weighted by atomic mass is 19.1. The summed E-state index contributed by atoms with van der Waals surface area (Å²) in [4.78, 5) is 27.1. The van der Waals surface area contributed by atoms with Crippen molar-refractivity contribution >= 4 is 11.9 Å². The molecule has 0 atom stereocenters. The van der Waals surface area contributed by atoms with Crippen molar-refractivity contribution in [3.05, 3.63) is 53.7 Å². The number of halogens is 3. The fourth-order valence-electron chi connectivity index (χ4n) is 3.85. The maximum atomic E-state index is 14.3. The van der Waals surface area contributed by atoms with Crippen LogP contribution in [0.15, 0.2) is 30.7 Å². The number of amides is 1. The number of carbonyl (C=O) groups excluding carboxylic acids is 1. The molecular formula is C21H22F3N7O2. The van der Waals surface area contributed by atoms with E-state index in [2.05, 4.69) is 20.1 Å². The van der Waals surface area contributed by atoms with Crippen LogP contribution in [0.3, 0.4) is 0 Å². The van der Waals surface area contributed by atoms with E-state index >= 15 is 0 Å². The molecule has 9 nitrogen and oxygen atoms in total. The summed E-state index contributed by atoms with van der Waals surface area (Å²) in [6.45, 7) is 2.15. The van der Waals surface area contributed by atoms with Gasteiger partial charge in [0.1, 0.15) is 23.7 Å². The first-order valence-electron chi connectivity index (χ1n) is 10.2. The van der Waals surface area contributed by atoms with E-state index in [1.807, 2.05) is 4.90 Å². The molecule has 1 saturated heterocycles. The Balaban J connectivity index is 1.44. The number of anilines is 1. The van der Waals surface area contributed by atoms with Gasteiger partial charge in [-0.25, -0.2) is 37.9 Å². The highest BCUT2D eigenvalue weighted by molar-refractivity contribution is 5.81. The van der Waals surface area contributed by atoms with Crippen LogP contribution >= 0.6 is 0 Å². The number of piperidine rings is 1. The standard InChI is InChI=1S/C21H22F3N7O2/c1-21(19(32)31(33)11-13-7-14(22)9-15(23)8-13)3-5-30(6-4-21)20-25-10-16(24)17(28-20)18-26-12-27-29(18)2/h7-10,12,33H,3-6,11H2,1-2H3. The average molecular weight is 461 g/mol. The van der Waals surface area contributed by atoms with Crippen molar-refractivity contribution in [1.29, 1.82) is 0 Å². The third kappa shape index (κ3) is 4.65. The van der Waals surface area contributed by atoms with Crippen molar-refractivity contribution in [1.82, 2.24) is 29.8 Å². The predicted molar refractivity (Wildman–Crippen MR) is 110 cm³/mol. The second kappa shape index (κ2) is 8.77. The van der Waals surface area contributed by atoms with Crippen LogP contribution in [0, 0.1) is 22.9 Å². The van der Waals surface area contributed by atoms with Crippen molar-refractivity contribution in [3.8, 4) is 11.5 Å². The lowest BCUT2D eigenvalue weighted by Crippen LogP contribution is -2.48. The van der Waals surface area contributed by atoms with Crippen LogP contribution in [0.4, 0.5) is 19.1 Å². The second-order valence-electron chi connectivity index (χ2n) is 8.26. The summed E-state index contributed by atoms with van der Waals surface area (Å²) in [5, 5.41) is 14.7. The number of hydrogen-bond donors (Lipinski definition) is 1. The number of hydroxylamine groups is 2. The van der Waals surface area contributed by atoms with Gasteiger partial charge in [0, 0.05) is 26.2 Å². The van der Waals surface area contributed by atoms with Gasteiger partial charge in [0.25, 0.3) is 5.91 Å². The molecule has 1 aliphatic rings. The molecule has 3 heterocycles. The monoisotopic (exact) mass is 461 g/mol. The number of aromatic nitrogens is 5. The Labute approximate surface area is 187 Å². The zero-order valence-corrected chi connectivity index (χ0v) is 18.0. The van der Waals surface area contributed by atoms with Gasteiger partial charge in [0.2, 0.25) is 5.95 Å². The van der Waals surface area contributed by atoms with Crippen LogP contribution in [0.1, 0.15) is 25.3 Å². The Hall–Kier alpha value is -3.54. The van der Waals surface area contributed by atoms with Crippen molar-refractivity contribution < 1.29 is 23.2 Å². The van der Waals surface area contributed by atoms with Gasteiger partial charge in [-0.15, -0.1) is 0 Å². The minimum Gasteiger partial charge on any atom is -0.341 e. The first kappa shape index (κ1) is 22.6. The highest BCUT2D eigenvalue weighted by Crippen LogP contribution is 2.34. The number of rotatable bonds is 5. The Morgan fingerprint density at radius 1 is 1.15 bits per heavy atom. The van der Waals surface area contributed by atoms with Gasteiger partial charge in [0.05, 0.1) is 18.2 Å². The van der Waals surface area contributed by atoms with E-state index in [4.69, 9.17) is 0 Å². The summed E-state index contributed by atoms with van der Waals surface area (Å²) in [7, 11) is 1.63. The van der Waals surface area contributed by atoms with Crippen LogP contribution < -0.4 is 4.90 Å². The van der Waals surface area contributed by atoms with Crippen molar-refractivity contribution in [2.45, 2.75) is 26.3 Å². The minimum absolute atomic E-state index is 0.0215. The lowest BCUT2D eigenvalue weighted by molar-refractivity contribution is -0.180. The van der Waals surface area contributed by atoms with Crippen LogP contribution in [0.25, 0.3) is 11.5 Å². The van der Waals surface area contributed by atoms with E-state index in [1.54, 1.807) is 14.0 Å². The predicted octanol–water partition coefficient (Wildman–Crippen LogP) is 2.71. The molecule has 1 fully saturated rings. The third-order valence-corrected chi connectivity index (χ3v) is 5.81. The van der Waals surface area contributed by atoms with Crippen LogP contribution in [-0.2, 0) is 18.4 Å². The van der Waals surface area contributed by atoms with E-state index in [9.17, 15) is 23.2 Å². The zero-order valence-electron chi connectivity index (χ0n) is 18.0. The van der Waals surface area contributed by atoms with Gasteiger partial charge in [-0.05, 0) is 30.5 Å². The molecule has 2 aromatic heterocycles. The number of carbonyl (C=O) groups is 1. The van der Waals surface area contributed by atoms with E-state index in [0.29, 0.717) is 36.9 Å². The first-order chi connectivity index (χ1) is 15.7. The fourth-order valence-corrected chi connectivity index (χ4v) is 3.85. The maximum absolute atomic E-state index is 14.3. The highest BCUT2D eigenvalue weighted by Gasteiger charge is 2.40. The molecule has 0 unspecified atom stereocenters. The van der Waals surface area contributed by atoms with Gasteiger partial charge >= 0.3 is 0 Å². The molecule has 1 N–H and O–H groups in total. The quantitative estimate of drug-likeness (QED) is 0.461. The SMILES string of the molecule is Cn1ncnc1-c1nc(N2CCC(C)(C(=O)N(O)Cc3cc(F)cc(F)c3)CC2)ncc1F. The average Bonchev–Trinajstić information content (AvgIpc) is 3.19. The van der Waals surface area contributed by atoms with Gasteiger partial charge in [-0.2, -0.15) is 5.10 Å². The summed E-state index contributed by atoms with van der Waals surface area (Å²) < 4.78 is 42.5. The number of nitrogens with zero attached hydrogens (tertiary/aromatic N) is 7. The molecule has 4 rings (SSSR count). The Kier molecular flexibility index (Phi) is 6.02. The summed E-state index contributed by atoms with van der Waals surface area (Å²) >= 11 is 0. The summed E-state index contributed by atoms with van der Waals surface area (Å²) in [5.41, 5.74) is -0.738. The summed E-state index contributed by atoms with van der Waals surface area (Å²) in [6, 6.07) is 2.84. The van der Waals surface area contributed by atoms with Crippen molar-refractivity contribution in [2.75, 3.05) is 18.0 Å². The smallest absolute Gasteiger partial charge is 0.252 e. The summed E-state index contributed by atoms with van der Waals surface area (Å²) in [6.07, 6.45) is 3.09. The second-order valence-corrected chi connectivity index (χ2v) is 8.26. The van der Waals surface area contributed by atoms with Crippen LogP contribution in [-0.4, -0.2) is 54.0 Å². The molecule has 3 aromatic rings. The Morgan fingerprint density at radius 3 is 2.42 bits per heavy atom. The molecule has 0 aliphatic carbocycles. The molecule has 0 radical (unpaired) electrons. The van der Waals surface area contributed by atoms with E-state index < -0.39 is 28.8 Å². The van der Waals surface area contributed by atoms with Gasteiger partial charge in [-0.3, -0.25) is 10.0 Å². The molecule has 12 heteroatoms. The molecule has 0 spiro atoms. The lowest BCUT2D eigenvalue weighted by atomic mass is 9.79. The topological polar surface area (TPSA) is 100 Å². The van der Waals surface area contributed by atoms with Crippen LogP contribution in [0.5, 0.6) is 0 Å². The van der Waals surface area contributed by atoms with Crippen molar-refractivity contribution in [2.24, 2.45) is 12.5 Å². The minimum atomic E-state index is -0.899. The van der Waals surface area contributed by atoms with E-state index in [1.165, 1.54) is 11.0 Å². The van der Waals surface area contributed by atoms with E-state index in [-0.39, 0.29) is 23.6 Å². The Bertz CT molecular complexity index is 1160. The number of hydrogen-bond acceptors (Lipinski definition) is 7. The van der Waals surface area contributed by atoms with Gasteiger partial charge in [0.15, 0.2) is 11.6 Å². The molecule has 1 amide bonds. The normalized spacial score (nSPS) is 15.5. The number of benzene rings is 1. The third-order valence-electron chi connectivity index (χ3n) is 5.81. The molecule has 1 aliphatic heterocycles. The van der Waals surface area contributed by atoms with Crippen LogP contribution in [0.2, 0.25) is 0 Å². The molecule has 0 bridgehead atoms. The van der Waals surface area contributed by atoms with Crippen molar-refractivity contribution in [3.63, 3.8) is 0 Å². The van der Waals surface area contributed by atoms with Gasteiger partial charge < -0.3 is 4.90 Å².